The highest BCUT2D eigenvalue weighted by atomic mass is 16.6. The summed E-state index contributed by atoms with van der Waals surface area (Å²) in [5.74, 6) is 0.344. The standard InChI is InChI=1S/C14H19N3O3/c1-9-4-3-5-11(6-9)16-14(18)13-7-12(17(19)20)8-15-10(13)2/h7-9,11H,3-6H2,1-2H3,(H,16,18)/t9-,11-/m1/s1. The number of nitrogens with one attached hydrogen (secondary N) is 1. The average Bonchev–Trinajstić information content (AvgIpc) is 2.38. The lowest BCUT2D eigenvalue weighted by atomic mass is 9.87. The van der Waals surface area contributed by atoms with Crippen LogP contribution in [0.1, 0.15) is 48.7 Å². The van der Waals surface area contributed by atoms with Crippen molar-refractivity contribution in [1.82, 2.24) is 10.3 Å². The van der Waals surface area contributed by atoms with Crippen LogP contribution in [-0.2, 0) is 0 Å². The van der Waals surface area contributed by atoms with Crippen molar-refractivity contribution in [2.24, 2.45) is 5.92 Å². The van der Waals surface area contributed by atoms with E-state index >= 15 is 0 Å². The summed E-state index contributed by atoms with van der Waals surface area (Å²) < 4.78 is 0. The van der Waals surface area contributed by atoms with Gasteiger partial charge in [-0.3, -0.25) is 19.9 Å². The maximum Gasteiger partial charge on any atom is 0.288 e. The highest BCUT2D eigenvalue weighted by molar-refractivity contribution is 5.95. The monoisotopic (exact) mass is 277 g/mol. The molecule has 0 saturated heterocycles. The van der Waals surface area contributed by atoms with Gasteiger partial charge in [-0.05, 0) is 25.7 Å². The Kier molecular flexibility index (Phi) is 4.32. The number of rotatable bonds is 3. The van der Waals surface area contributed by atoms with Gasteiger partial charge in [0.1, 0.15) is 6.20 Å². The maximum atomic E-state index is 12.2. The summed E-state index contributed by atoms with van der Waals surface area (Å²) in [6.07, 6.45) is 5.42. The number of aromatic nitrogens is 1. The van der Waals surface area contributed by atoms with Crippen molar-refractivity contribution < 1.29 is 9.72 Å². The summed E-state index contributed by atoms with van der Waals surface area (Å²) in [7, 11) is 0. The molecule has 0 aromatic carbocycles. The van der Waals surface area contributed by atoms with Crippen LogP contribution in [0.25, 0.3) is 0 Å². The van der Waals surface area contributed by atoms with E-state index in [-0.39, 0.29) is 23.2 Å². The normalized spacial score (nSPS) is 22.3. The van der Waals surface area contributed by atoms with Crippen LogP contribution in [-0.4, -0.2) is 21.9 Å². The van der Waals surface area contributed by atoms with Gasteiger partial charge in [-0.1, -0.05) is 19.8 Å². The molecule has 1 saturated carbocycles. The number of hydrogen-bond acceptors (Lipinski definition) is 4. The van der Waals surface area contributed by atoms with Crippen molar-refractivity contribution in [2.45, 2.75) is 45.6 Å². The number of nitro groups is 1. The minimum absolute atomic E-state index is 0.155. The fraction of sp³-hybridized carbons (Fsp3) is 0.571. The second-order valence-corrected chi connectivity index (χ2v) is 5.53. The Bertz CT molecular complexity index is 530. The predicted octanol–water partition coefficient (Wildman–Crippen LogP) is 2.61. The summed E-state index contributed by atoms with van der Waals surface area (Å²) in [6, 6.07) is 1.45. The van der Waals surface area contributed by atoms with Gasteiger partial charge in [-0.15, -0.1) is 0 Å². The lowest BCUT2D eigenvalue weighted by Crippen LogP contribution is -2.38. The van der Waals surface area contributed by atoms with Gasteiger partial charge in [0.25, 0.3) is 11.6 Å². The molecule has 1 amide bonds. The number of carbonyl (C=O) groups is 1. The molecule has 0 bridgehead atoms. The average molecular weight is 277 g/mol. The van der Waals surface area contributed by atoms with Crippen molar-refractivity contribution in [2.75, 3.05) is 0 Å². The molecule has 1 N–H and O–H groups in total. The van der Waals surface area contributed by atoms with Gasteiger partial charge in [0.15, 0.2) is 0 Å². The fourth-order valence-electron chi connectivity index (χ4n) is 2.68. The molecular formula is C14H19N3O3. The van der Waals surface area contributed by atoms with Crippen LogP contribution < -0.4 is 5.32 Å². The smallest absolute Gasteiger partial charge is 0.288 e. The van der Waals surface area contributed by atoms with Gasteiger partial charge >= 0.3 is 0 Å². The van der Waals surface area contributed by atoms with Gasteiger partial charge in [0, 0.05) is 12.1 Å². The zero-order valence-electron chi connectivity index (χ0n) is 11.8. The van der Waals surface area contributed by atoms with E-state index < -0.39 is 4.92 Å². The molecule has 1 aromatic rings. The Hall–Kier alpha value is -1.98. The zero-order chi connectivity index (χ0) is 14.7. The fourth-order valence-corrected chi connectivity index (χ4v) is 2.68. The van der Waals surface area contributed by atoms with Crippen molar-refractivity contribution in [1.29, 1.82) is 0 Å². The third-order valence-corrected chi connectivity index (χ3v) is 3.80. The van der Waals surface area contributed by atoms with Gasteiger partial charge in [0.05, 0.1) is 16.2 Å². The second kappa shape index (κ2) is 5.98. The Morgan fingerprint density at radius 1 is 1.50 bits per heavy atom. The van der Waals surface area contributed by atoms with Crippen LogP contribution >= 0.6 is 0 Å². The Morgan fingerprint density at radius 3 is 2.90 bits per heavy atom. The van der Waals surface area contributed by atoms with Gasteiger partial charge in [0.2, 0.25) is 0 Å². The van der Waals surface area contributed by atoms with E-state index in [9.17, 15) is 14.9 Å². The quantitative estimate of drug-likeness (QED) is 0.679. The lowest BCUT2D eigenvalue weighted by Gasteiger charge is -2.27. The van der Waals surface area contributed by atoms with Crippen molar-refractivity contribution in [3.63, 3.8) is 0 Å². The molecule has 0 aliphatic heterocycles. The van der Waals surface area contributed by atoms with Gasteiger partial charge < -0.3 is 5.32 Å². The van der Waals surface area contributed by atoms with E-state index in [2.05, 4.69) is 17.2 Å². The molecule has 108 valence electrons. The Morgan fingerprint density at radius 2 is 2.25 bits per heavy atom. The second-order valence-electron chi connectivity index (χ2n) is 5.53. The van der Waals surface area contributed by atoms with Crippen LogP contribution in [0.3, 0.4) is 0 Å². The van der Waals surface area contributed by atoms with Crippen molar-refractivity contribution >= 4 is 11.6 Å². The summed E-state index contributed by atoms with van der Waals surface area (Å²) in [6.45, 7) is 3.86. The highest BCUT2D eigenvalue weighted by Gasteiger charge is 2.23. The van der Waals surface area contributed by atoms with E-state index in [1.807, 2.05) is 0 Å². The van der Waals surface area contributed by atoms with E-state index in [4.69, 9.17) is 0 Å². The first-order valence-electron chi connectivity index (χ1n) is 6.89. The van der Waals surface area contributed by atoms with E-state index in [1.165, 1.54) is 18.7 Å². The molecule has 0 spiro atoms. The number of hydrogen-bond donors (Lipinski definition) is 1. The van der Waals surface area contributed by atoms with Crippen LogP contribution in [0.15, 0.2) is 12.3 Å². The largest absolute Gasteiger partial charge is 0.349 e. The van der Waals surface area contributed by atoms with Crippen LogP contribution in [0.4, 0.5) is 5.69 Å². The molecule has 1 fully saturated rings. The minimum Gasteiger partial charge on any atom is -0.349 e. The number of aryl methyl sites for hydroxylation is 1. The number of amides is 1. The van der Waals surface area contributed by atoms with Crippen LogP contribution in [0.2, 0.25) is 0 Å². The summed E-state index contributed by atoms with van der Waals surface area (Å²) in [5.41, 5.74) is 0.646. The molecule has 6 heteroatoms. The Balaban J connectivity index is 2.12. The van der Waals surface area contributed by atoms with E-state index in [0.717, 1.165) is 19.3 Å². The molecule has 2 atom stereocenters. The highest BCUT2D eigenvalue weighted by Crippen LogP contribution is 2.24. The number of nitrogens with zero attached hydrogens (tertiary/aromatic N) is 2. The van der Waals surface area contributed by atoms with E-state index in [1.54, 1.807) is 6.92 Å². The number of pyridine rings is 1. The molecule has 1 heterocycles. The SMILES string of the molecule is Cc1ncc([N+](=O)[O-])cc1C(=O)N[C@@H]1CCC[C@@H](C)C1. The topological polar surface area (TPSA) is 85.1 Å². The predicted molar refractivity (Wildman–Crippen MR) is 74.5 cm³/mol. The zero-order valence-corrected chi connectivity index (χ0v) is 11.8. The third-order valence-electron chi connectivity index (χ3n) is 3.80. The van der Waals surface area contributed by atoms with Crippen molar-refractivity contribution in [3.05, 3.63) is 33.6 Å². The third kappa shape index (κ3) is 3.31. The minimum atomic E-state index is -0.536. The van der Waals surface area contributed by atoms with E-state index in [0.29, 0.717) is 11.6 Å². The van der Waals surface area contributed by atoms with Gasteiger partial charge in [-0.2, -0.15) is 0 Å². The summed E-state index contributed by atoms with van der Waals surface area (Å²) in [5, 5.41) is 13.7. The molecule has 1 aromatic heterocycles. The molecule has 0 unspecified atom stereocenters. The molecule has 1 aliphatic carbocycles. The first-order chi connectivity index (χ1) is 9.47. The molecule has 20 heavy (non-hydrogen) atoms. The molecule has 2 rings (SSSR count). The molecule has 0 radical (unpaired) electrons. The summed E-state index contributed by atoms with van der Waals surface area (Å²) >= 11 is 0. The molecule has 1 aliphatic rings. The first kappa shape index (κ1) is 14.4. The first-order valence-corrected chi connectivity index (χ1v) is 6.89. The molecular weight excluding hydrogens is 258 g/mol. The Labute approximate surface area is 117 Å². The number of carbonyl (C=O) groups excluding carboxylic acids is 1. The van der Waals surface area contributed by atoms with Gasteiger partial charge in [-0.25, -0.2) is 0 Å². The van der Waals surface area contributed by atoms with Crippen LogP contribution in [0.5, 0.6) is 0 Å². The molecule has 6 nitrogen and oxygen atoms in total. The maximum absolute atomic E-state index is 12.2. The summed E-state index contributed by atoms with van der Waals surface area (Å²) in [4.78, 5) is 26.4. The lowest BCUT2D eigenvalue weighted by molar-refractivity contribution is -0.385. The van der Waals surface area contributed by atoms with Crippen molar-refractivity contribution in [3.8, 4) is 0 Å². The van der Waals surface area contributed by atoms with Crippen LogP contribution in [0, 0.1) is 23.0 Å².